The summed E-state index contributed by atoms with van der Waals surface area (Å²) < 4.78 is 17.5. The van der Waals surface area contributed by atoms with Crippen molar-refractivity contribution in [3.63, 3.8) is 0 Å². The summed E-state index contributed by atoms with van der Waals surface area (Å²) in [6.45, 7) is 7.72. The van der Waals surface area contributed by atoms with Gasteiger partial charge in [0.15, 0.2) is 11.5 Å². The highest BCUT2D eigenvalue weighted by atomic mass is 16.5. The summed E-state index contributed by atoms with van der Waals surface area (Å²) in [7, 11) is 0. The van der Waals surface area contributed by atoms with Crippen LogP contribution in [0.5, 0.6) is 17.2 Å². The molecule has 0 aromatic heterocycles. The van der Waals surface area contributed by atoms with Gasteiger partial charge in [0.2, 0.25) is 0 Å². The number of anilines is 1. The molecule has 1 aliphatic heterocycles. The third-order valence-electron chi connectivity index (χ3n) is 5.99. The van der Waals surface area contributed by atoms with Gasteiger partial charge in [-0.15, -0.1) is 0 Å². The minimum absolute atomic E-state index is 0.0738. The molecule has 184 valence electrons. The van der Waals surface area contributed by atoms with Crippen molar-refractivity contribution in [1.82, 2.24) is 0 Å². The Balaban J connectivity index is 1.44. The lowest BCUT2D eigenvalue weighted by Gasteiger charge is -2.17. The number of ether oxygens (including phenoxy) is 3. The molecule has 6 nitrogen and oxygen atoms in total. The van der Waals surface area contributed by atoms with Gasteiger partial charge in [0.25, 0.3) is 5.91 Å². The average Bonchev–Trinajstić information content (AvgIpc) is 3.31. The van der Waals surface area contributed by atoms with Crippen LogP contribution >= 0.6 is 0 Å². The number of aryl methyl sites for hydroxylation is 2. The van der Waals surface area contributed by atoms with Crippen molar-refractivity contribution in [1.29, 1.82) is 5.26 Å². The molecule has 0 unspecified atom stereocenters. The van der Waals surface area contributed by atoms with E-state index in [1.165, 1.54) is 5.56 Å². The number of nitriles is 1. The standard InChI is InChI=1S/C30H30N2O4/c1-4-34-29-19-23(10-12-28(29)36-16-15-35-27-11-9-21(2)17-22(27)3)18-25(20-31)30(33)32-14-13-24-7-5-6-8-26(24)32/h5-12,17-19H,4,13-16H2,1-3H3. The minimum Gasteiger partial charge on any atom is -0.490 e. The topological polar surface area (TPSA) is 71.8 Å². The van der Waals surface area contributed by atoms with Crippen molar-refractivity contribution in [3.8, 4) is 23.3 Å². The van der Waals surface area contributed by atoms with Crippen molar-refractivity contribution < 1.29 is 19.0 Å². The molecule has 1 heterocycles. The molecule has 0 saturated carbocycles. The maximum atomic E-state index is 13.1. The van der Waals surface area contributed by atoms with E-state index in [0.717, 1.165) is 29.0 Å². The summed E-state index contributed by atoms with van der Waals surface area (Å²) in [5, 5.41) is 9.73. The van der Waals surface area contributed by atoms with Crippen molar-refractivity contribution in [3.05, 3.63) is 88.5 Å². The Hall–Kier alpha value is -4.24. The molecule has 0 radical (unpaired) electrons. The fourth-order valence-corrected chi connectivity index (χ4v) is 4.27. The second kappa shape index (κ2) is 11.5. The van der Waals surface area contributed by atoms with Gasteiger partial charge < -0.3 is 19.1 Å². The number of amides is 1. The summed E-state index contributed by atoms with van der Waals surface area (Å²) in [5.74, 6) is 1.67. The fraction of sp³-hybridized carbons (Fsp3) is 0.267. The molecule has 0 fully saturated rings. The highest BCUT2D eigenvalue weighted by Gasteiger charge is 2.26. The first-order valence-electron chi connectivity index (χ1n) is 12.1. The van der Waals surface area contributed by atoms with Gasteiger partial charge >= 0.3 is 0 Å². The van der Waals surface area contributed by atoms with Crippen molar-refractivity contribution >= 4 is 17.7 Å². The zero-order chi connectivity index (χ0) is 25.5. The Kier molecular flexibility index (Phi) is 7.92. The van der Waals surface area contributed by atoms with E-state index in [1.807, 2.05) is 56.3 Å². The molecule has 3 aromatic rings. The number of fused-ring (bicyclic) bond motifs is 1. The van der Waals surface area contributed by atoms with Crippen molar-refractivity contribution in [2.24, 2.45) is 0 Å². The minimum atomic E-state index is -0.302. The first kappa shape index (κ1) is 24.9. The average molecular weight is 483 g/mol. The Bertz CT molecular complexity index is 1320. The number of carbonyl (C=O) groups excluding carboxylic acids is 1. The SMILES string of the molecule is CCOc1cc(C=C(C#N)C(=O)N2CCc3ccccc32)ccc1OCCOc1ccc(C)cc1C. The number of nitrogens with zero attached hydrogens (tertiary/aromatic N) is 2. The van der Waals surface area contributed by atoms with Crippen LogP contribution < -0.4 is 19.1 Å². The number of para-hydroxylation sites is 1. The molecule has 0 atom stereocenters. The molecule has 4 rings (SSSR count). The number of benzene rings is 3. The Morgan fingerprint density at radius 2 is 1.72 bits per heavy atom. The van der Waals surface area contributed by atoms with Crippen LogP contribution in [0.1, 0.15) is 29.2 Å². The molecule has 1 aliphatic rings. The molecule has 1 amide bonds. The second-order valence-corrected chi connectivity index (χ2v) is 8.61. The summed E-state index contributed by atoms with van der Waals surface area (Å²) >= 11 is 0. The predicted octanol–water partition coefficient (Wildman–Crippen LogP) is 5.66. The first-order valence-corrected chi connectivity index (χ1v) is 12.1. The molecule has 3 aromatic carbocycles. The van der Waals surface area contributed by atoms with Gasteiger partial charge in [-0.25, -0.2) is 0 Å². The van der Waals surface area contributed by atoms with E-state index in [9.17, 15) is 10.1 Å². The molecular weight excluding hydrogens is 452 g/mol. The van der Waals surface area contributed by atoms with Crippen LogP contribution in [-0.2, 0) is 11.2 Å². The molecule has 36 heavy (non-hydrogen) atoms. The Morgan fingerprint density at radius 3 is 2.47 bits per heavy atom. The quantitative estimate of drug-likeness (QED) is 0.224. The number of carbonyl (C=O) groups is 1. The molecule has 0 N–H and O–H groups in total. The van der Waals surface area contributed by atoms with Crippen LogP contribution in [0.15, 0.2) is 66.2 Å². The highest BCUT2D eigenvalue weighted by molar-refractivity contribution is 6.12. The van der Waals surface area contributed by atoms with Crippen LogP contribution in [0.25, 0.3) is 6.08 Å². The summed E-state index contributed by atoms with van der Waals surface area (Å²) in [6, 6.07) is 21.3. The van der Waals surface area contributed by atoms with E-state index in [1.54, 1.807) is 23.1 Å². The van der Waals surface area contributed by atoms with Crippen LogP contribution in [-0.4, -0.2) is 32.3 Å². The van der Waals surface area contributed by atoms with Gasteiger partial charge in [-0.1, -0.05) is 42.0 Å². The van der Waals surface area contributed by atoms with Crippen molar-refractivity contribution in [2.75, 3.05) is 31.3 Å². The lowest BCUT2D eigenvalue weighted by Crippen LogP contribution is -2.29. The van der Waals surface area contributed by atoms with Gasteiger partial charge in [0, 0.05) is 12.2 Å². The second-order valence-electron chi connectivity index (χ2n) is 8.61. The largest absolute Gasteiger partial charge is 0.490 e. The number of hydrogen-bond donors (Lipinski definition) is 0. The lowest BCUT2D eigenvalue weighted by molar-refractivity contribution is -0.114. The Morgan fingerprint density at radius 1 is 0.972 bits per heavy atom. The normalized spacial score (nSPS) is 12.6. The fourth-order valence-electron chi connectivity index (χ4n) is 4.27. The van der Waals surface area contributed by atoms with E-state index < -0.39 is 0 Å². The number of rotatable bonds is 9. The smallest absolute Gasteiger partial charge is 0.268 e. The van der Waals surface area contributed by atoms with E-state index in [-0.39, 0.29) is 11.5 Å². The third-order valence-corrected chi connectivity index (χ3v) is 5.99. The van der Waals surface area contributed by atoms with Gasteiger partial charge in [-0.3, -0.25) is 4.79 Å². The first-order chi connectivity index (χ1) is 17.5. The third kappa shape index (κ3) is 5.69. The summed E-state index contributed by atoms with van der Waals surface area (Å²) in [4.78, 5) is 14.8. The predicted molar refractivity (Wildman–Crippen MR) is 141 cm³/mol. The summed E-state index contributed by atoms with van der Waals surface area (Å²) in [5.41, 5.74) is 5.02. The molecule has 0 aliphatic carbocycles. The molecule has 6 heteroatoms. The van der Waals surface area contributed by atoms with E-state index in [2.05, 4.69) is 19.1 Å². The van der Waals surface area contributed by atoms with Crippen LogP contribution in [0, 0.1) is 25.2 Å². The molecule has 0 spiro atoms. The highest BCUT2D eigenvalue weighted by Crippen LogP contribution is 2.31. The molecule has 0 saturated heterocycles. The van der Waals surface area contributed by atoms with Gasteiger partial charge in [-0.2, -0.15) is 5.26 Å². The van der Waals surface area contributed by atoms with Crippen LogP contribution in [0.3, 0.4) is 0 Å². The van der Waals surface area contributed by atoms with Crippen molar-refractivity contribution in [2.45, 2.75) is 27.2 Å². The van der Waals surface area contributed by atoms with E-state index >= 15 is 0 Å². The molecular formula is C30H30N2O4. The van der Waals surface area contributed by atoms with E-state index in [4.69, 9.17) is 14.2 Å². The van der Waals surface area contributed by atoms with Crippen LogP contribution in [0.2, 0.25) is 0 Å². The van der Waals surface area contributed by atoms with Gasteiger partial charge in [0.05, 0.1) is 6.61 Å². The summed E-state index contributed by atoms with van der Waals surface area (Å²) in [6.07, 6.45) is 2.38. The maximum Gasteiger partial charge on any atom is 0.268 e. The monoisotopic (exact) mass is 482 g/mol. The van der Waals surface area contributed by atoms with Gasteiger partial charge in [0.1, 0.15) is 30.6 Å². The molecule has 0 bridgehead atoms. The maximum absolute atomic E-state index is 13.1. The zero-order valence-electron chi connectivity index (χ0n) is 20.9. The van der Waals surface area contributed by atoms with E-state index in [0.29, 0.717) is 43.4 Å². The van der Waals surface area contributed by atoms with Gasteiger partial charge in [-0.05, 0) is 74.2 Å². The lowest BCUT2D eigenvalue weighted by atomic mass is 10.1. The van der Waals surface area contributed by atoms with Crippen LogP contribution in [0.4, 0.5) is 5.69 Å². The zero-order valence-corrected chi connectivity index (χ0v) is 20.9. The number of hydrogen-bond acceptors (Lipinski definition) is 5. The Labute approximate surface area is 212 Å².